The lowest BCUT2D eigenvalue weighted by Crippen LogP contribution is -2.50. The molecule has 0 saturated carbocycles. The Balaban J connectivity index is 1.90. The number of carbonyl (C=O) groups excluding carboxylic acids is 1. The van der Waals surface area contributed by atoms with Crippen LogP contribution in [0.3, 0.4) is 0 Å². The molecular formula is C19H19F9N2O. The van der Waals surface area contributed by atoms with Crippen molar-refractivity contribution in [1.82, 2.24) is 10.2 Å². The third kappa shape index (κ3) is 3.87. The first-order chi connectivity index (χ1) is 14.1. The van der Waals surface area contributed by atoms with Gasteiger partial charge in [-0.15, -0.1) is 0 Å². The van der Waals surface area contributed by atoms with Crippen molar-refractivity contribution in [2.24, 2.45) is 0 Å². The minimum atomic E-state index is -6.20. The van der Waals surface area contributed by atoms with Crippen molar-refractivity contribution >= 4 is 5.91 Å². The van der Waals surface area contributed by atoms with Gasteiger partial charge in [0.25, 0.3) is 5.91 Å². The number of amides is 1. The number of hydrogen-bond acceptors (Lipinski definition) is 2. The Bertz CT molecular complexity index is 836. The largest absolute Gasteiger partial charge is 0.435 e. The Kier molecular flexibility index (Phi) is 5.77. The highest BCUT2D eigenvalue weighted by atomic mass is 19.4. The summed E-state index contributed by atoms with van der Waals surface area (Å²) in [7, 11) is 1.07. The van der Waals surface area contributed by atoms with Crippen LogP contribution in [0.15, 0.2) is 18.2 Å². The standard InChI is InChI=1S/C19H19F9N2O/c1-29-15(31)16(20,21)9-30-7-6-13-12-4-3-11(8-10(12)2-5-14(13)30)17(22,18(23,24)25)19(26,27)28/h3-4,8,13-14H,2,5-7,9H2,1H3,(H,29,31)/t13-,14?/m0/s1. The summed E-state index contributed by atoms with van der Waals surface area (Å²) in [6.45, 7) is -0.668. The maximum atomic E-state index is 14.4. The molecule has 1 aromatic carbocycles. The van der Waals surface area contributed by atoms with Gasteiger partial charge in [0.15, 0.2) is 0 Å². The molecule has 1 aliphatic carbocycles. The van der Waals surface area contributed by atoms with Crippen LogP contribution in [0.25, 0.3) is 0 Å². The van der Waals surface area contributed by atoms with Crippen molar-refractivity contribution in [3.05, 3.63) is 34.9 Å². The summed E-state index contributed by atoms with van der Waals surface area (Å²) < 4.78 is 121. The number of alkyl halides is 9. The molecule has 12 heteroatoms. The molecule has 0 bridgehead atoms. The van der Waals surface area contributed by atoms with E-state index in [4.69, 9.17) is 0 Å². The Morgan fingerprint density at radius 2 is 1.65 bits per heavy atom. The third-order valence-electron chi connectivity index (χ3n) is 6.05. The van der Waals surface area contributed by atoms with Gasteiger partial charge >= 0.3 is 23.9 Å². The van der Waals surface area contributed by atoms with E-state index >= 15 is 0 Å². The molecule has 1 unspecified atom stereocenters. The van der Waals surface area contributed by atoms with Gasteiger partial charge in [0.1, 0.15) is 0 Å². The molecule has 3 nitrogen and oxygen atoms in total. The fourth-order valence-corrected chi connectivity index (χ4v) is 4.56. The van der Waals surface area contributed by atoms with Crippen LogP contribution in [0.2, 0.25) is 0 Å². The molecule has 1 amide bonds. The van der Waals surface area contributed by atoms with Crippen LogP contribution in [0.1, 0.15) is 35.4 Å². The number of aryl methyl sites for hydroxylation is 1. The summed E-state index contributed by atoms with van der Waals surface area (Å²) in [6, 6.07) is 1.61. The van der Waals surface area contributed by atoms with E-state index in [2.05, 4.69) is 0 Å². The lowest BCUT2D eigenvalue weighted by molar-refractivity contribution is -0.348. The highest BCUT2D eigenvalue weighted by Gasteiger charge is 2.73. The molecule has 174 valence electrons. The molecular weight excluding hydrogens is 443 g/mol. The van der Waals surface area contributed by atoms with Crippen LogP contribution in [0.4, 0.5) is 39.5 Å². The molecule has 1 saturated heterocycles. The zero-order valence-corrected chi connectivity index (χ0v) is 16.2. The van der Waals surface area contributed by atoms with Gasteiger partial charge in [0.2, 0.25) is 0 Å². The van der Waals surface area contributed by atoms with Gasteiger partial charge < -0.3 is 5.32 Å². The SMILES string of the molecule is CNC(=O)C(F)(F)CN1CC[C@H]2c3ccc(C(F)(C(F)(F)F)C(F)(F)F)cc3CCC21. The van der Waals surface area contributed by atoms with E-state index in [1.54, 1.807) is 0 Å². The Morgan fingerprint density at radius 1 is 1.03 bits per heavy atom. The van der Waals surface area contributed by atoms with Crippen LogP contribution in [-0.2, 0) is 16.9 Å². The highest BCUT2D eigenvalue weighted by Crippen LogP contribution is 2.54. The maximum Gasteiger partial charge on any atom is 0.435 e. The number of hydrogen-bond donors (Lipinski definition) is 1. The number of rotatable bonds is 4. The summed E-state index contributed by atoms with van der Waals surface area (Å²) in [6.07, 6.45) is -11.9. The van der Waals surface area contributed by atoms with Crippen molar-refractivity contribution in [2.45, 2.75) is 55.2 Å². The third-order valence-corrected chi connectivity index (χ3v) is 6.05. The molecule has 0 spiro atoms. The van der Waals surface area contributed by atoms with Gasteiger partial charge in [0.05, 0.1) is 6.54 Å². The lowest BCUT2D eigenvalue weighted by atomic mass is 9.77. The van der Waals surface area contributed by atoms with E-state index < -0.39 is 53.9 Å². The van der Waals surface area contributed by atoms with E-state index in [0.29, 0.717) is 24.1 Å². The first-order valence-corrected chi connectivity index (χ1v) is 9.43. The van der Waals surface area contributed by atoms with Gasteiger partial charge in [0, 0.05) is 24.6 Å². The number of fused-ring (bicyclic) bond motifs is 3. The molecule has 3 rings (SSSR count). The molecule has 2 atom stereocenters. The number of nitrogens with zero attached hydrogens (tertiary/aromatic N) is 1. The van der Waals surface area contributed by atoms with E-state index in [0.717, 1.165) is 13.1 Å². The lowest BCUT2D eigenvalue weighted by Gasteiger charge is -2.36. The van der Waals surface area contributed by atoms with Gasteiger partial charge in [-0.3, -0.25) is 9.69 Å². The van der Waals surface area contributed by atoms with Crippen molar-refractivity contribution in [3.63, 3.8) is 0 Å². The van der Waals surface area contributed by atoms with E-state index in [-0.39, 0.29) is 24.9 Å². The molecule has 1 heterocycles. The summed E-state index contributed by atoms with van der Waals surface area (Å²) in [5.41, 5.74) is -6.51. The van der Waals surface area contributed by atoms with Crippen LogP contribution < -0.4 is 5.32 Å². The monoisotopic (exact) mass is 462 g/mol. The fourth-order valence-electron chi connectivity index (χ4n) is 4.56. The Morgan fingerprint density at radius 3 is 2.19 bits per heavy atom. The molecule has 1 aromatic rings. The maximum absolute atomic E-state index is 14.4. The Labute approximate surface area is 171 Å². The summed E-state index contributed by atoms with van der Waals surface area (Å²) in [4.78, 5) is 12.8. The molecule has 0 aromatic heterocycles. The average molecular weight is 462 g/mol. The summed E-state index contributed by atoms with van der Waals surface area (Å²) in [5, 5.41) is 1.88. The number of benzene rings is 1. The van der Waals surface area contributed by atoms with E-state index in [1.807, 2.05) is 5.32 Å². The predicted molar refractivity (Wildman–Crippen MR) is 91.4 cm³/mol. The highest BCUT2D eigenvalue weighted by molar-refractivity contribution is 5.83. The van der Waals surface area contributed by atoms with Crippen LogP contribution in [-0.4, -0.2) is 55.3 Å². The minimum absolute atomic E-state index is 0.00181. The van der Waals surface area contributed by atoms with Crippen molar-refractivity contribution in [1.29, 1.82) is 0 Å². The first kappa shape index (κ1) is 23.7. The molecule has 1 fully saturated rings. The van der Waals surface area contributed by atoms with E-state index in [9.17, 15) is 44.3 Å². The zero-order chi connectivity index (χ0) is 23.4. The van der Waals surface area contributed by atoms with Crippen LogP contribution >= 0.6 is 0 Å². The number of carbonyl (C=O) groups is 1. The van der Waals surface area contributed by atoms with Crippen molar-refractivity contribution in [3.8, 4) is 0 Å². The van der Waals surface area contributed by atoms with Gasteiger partial charge in [-0.05, 0) is 36.9 Å². The van der Waals surface area contributed by atoms with Crippen molar-refractivity contribution in [2.75, 3.05) is 20.1 Å². The summed E-state index contributed by atoms with van der Waals surface area (Å²) >= 11 is 0. The van der Waals surface area contributed by atoms with Gasteiger partial charge in [-0.1, -0.05) is 18.2 Å². The summed E-state index contributed by atoms with van der Waals surface area (Å²) in [5.74, 6) is -5.51. The van der Waals surface area contributed by atoms with Crippen LogP contribution in [0, 0.1) is 0 Å². The fraction of sp³-hybridized carbons (Fsp3) is 0.632. The second-order valence-electron chi connectivity index (χ2n) is 7.82. The topological polar surface area (TPSA) is 32.3 Å². The predicted octanol–water partition coefficient (Wildman–Crippen LogP) is 4.46. The number of likely N-dealkylation sites (tertiary alicyclic amines) is 1. The molecule has 1 N–H and O–H groups in total. The van der Waals surface area contributed by atoms with Gasteiger partial charge in [-0.2, -0.15) is 35.1 Å². The van der Waals surface area contributed by atoms with Gasteiger partial charge in [-0.25, -0.2) is 4.39 Å². The molecule has 31 heavy (non-hydrogen) atoms. The van der Waals surface area contributed by atoms with E-state index in [1.165, 1.54) is 4.90 Å². The molecule has 1 aliphatic heterocycles. The normalized spacial score (nSPS) is 22.8. The smallest absolute Gasteiger partial charge is 0.354 e. The molecule has 2 aliphatic rings. The molecule has 0 radical (unpaired) electrons. The zero-order valence-electron chi connectivity index (χ0n) is 16.2. The van der Waals surface area contributed by atoms with Crippen molar-refractivity contribution < 1.29 is 44.3 Å². The average Bonchev–Trinajstić information content (AvgIpc) is 3.06. The second kappa shape index (κ2) is 7.56. The quantitative estimate of drug-likeness (QED) is 0.671. The Hall–Kier alpha value is -1.98. The first-order valence-electron chi connectivity index (χ1n) is 9.43. The number of nitrogens with one attached hydrogen (secondary N) is 1. The second-order valence-corrected chi connectivity index (χ2v) is 7.82. The minimum Gasteiger partial charge on any atom is -0.354 e. The van der Waals surface area contributed by atoms with Crippen LogP contribution in [0.5, 0.6) is 0 Å². The number of halogens is 9.